The molecule has 3 aromatic carbocycles. The molecule has 36 heavy (non-hydrogen) atoms. The molecule has 1 aliphatic heterocycles. The first-order valence-electron chi connectivity index (χ1n) is 11.9. The van der Waals surface area contributed by atoms with E-state index in [1.54, 1.807) is 18.4 Å². The zero-order chi connectivity index (χ0) is 25.2. The molecule has 7 heteroatoms. The van der Waals surface area contributed by atoms with Crippen molar-refractivity contribution in [1.82, 2.24) is 4.57 Å². The molecule has 4 aromatic rings. The minimum atomic E-state index is -0.657. The number of aromatic nitrogens is 1. The lowest BCUT2D eigenvalue weighted by atomic mass is 9.91. The van der Waals surface area contributed by atoms with E-state index >= 15 is 0 Å². The van der Waals surface area contributed by atoms with Gasteiger partial charge in [0, 0.05) is 5.56 Å². The first-order valence-corrected chi connectivity index (χ1v) is 12.7. The van der Waals surface area contributed by atoms with Crippen LogP contribution in [0, 0.1) is 0 Å². The number of nitrogens with zero attached hydrogens (tertiary/aromatic N) is 2. The molecule has 0 radical (unpaired) electrons. The van der Waals surface area contributed by atoms with Gasteiger partial charge in [-0.1, -0.05) is 72.0 Å². The van der Waals surface area contributed by atoms with Crippen LogP contribution in [0.3, 0.4) is 0 Å². The van der Waals surface area contributed by atoms with E-state index < -0.39 is 12.0 Å². The molecule has 6 nitrogen and oxygen atoms in total. The van der Waals surface area contributed by atoms with E-state index in [1.807, 2.05) is 79.7 Å². The Bertz CT molecular complexity index is 1670. The van der Waals surface area contributed by atoms with Crippen molar-refractivity contribution in [1.29, 1.82) is 0 Å². The highest BCUT2D eigenvalue weighted by molar-refractivity contribution is 7.07. The van der Waals surface area contributed by atoms with Gasteiger partial charge in [0.05, 0.1) is 35.1 Å². The third kappa shape index (κ3) is 4.16. The normalized spacial score (nSPS) is 15.5. The maximum absolute atomic E-state index is 13.9. The number of ether oxygens (including phenoxy) is 2. The lowest BCUT2D eigenvalue weighted by Gasteiger charge is -2.25. The largest absolute Gasteiger partial charge is 0.493 e. The summed E-state index contributed by atoms with van der Waals surface area (Å²) in [6.45, 7) is 6.25. The molecule has 0 saturated carbocycles. The van der Waals surface area contributed by atoms with E-state index in [2.05, 4.69) is 4.99 Å². The van der Waals surface area contributed by atoms with Gasteiger partial charge in [-0.15, -0.1) is 0 Å². The lowest BCUT2D eigenvalue weighted by molar-refractivity contribution is -0.139. The summed E-state index contributed by atoms with van der Waals surface area (Å²) in [6.07, 6.45) is 1.83. The molecule has 0 spiro atoms. The molecule has 0 bridgehead atoms. The van der Waals surface area contributed by atoms with Crippen molar-refractivity contribution in [2.75, 3.05) is 13.2 Å². The van der Waals surface area contributed by atoms with Crippen LogP contribution in [0.5, 0.6) is 5.75 Å². The third-order valence-electron chi connectivity index (χ3n) is 6.14. The van der Waals surface area contributed by atoms with Gasteiger partial charge >= 0.3 is 5.97 Å². The molecule has 0 saturated heterocycles. The Morgan fingerprint density at radius 3 is 2.58 bits per heavy atom. The highest BCUT2D eigenvalue weighted by Gasteiger charge is 2.34. The maximum atomic E-state index is 13.9. The third-order valence-corrected chi connectivity index (χ3v) is 7.12. The molecule has 1 atom stereocenters. The fraction of sp³-hybridized carbons (Fsp3) is 0.207. The highest BCUT2D eigenvalue weighted by atomic mass is 32.1. The second kappa shape index (κ2) is 9.95. The Balaban J connectivity index is 1.79. The second-order valence-electron chi connectivity index (χ2n) is 8.34. The first-order chi connectivity index (χ1) is 17.5. The molecule has 1 unspecified atom stereocenters. The predicted octanol–water partition coefficient (Wildman–Crippen LogP) is 4.35. The zero-order valence-electron chi connectivity index (χ0n) is 20.4. The monoisotopic (exact) mass is 498 g/mol. The van der Waals surface area contributed by atoms with Crippen molar-refractivity contribution in [2.24, 2.45) is 4.99 Å². The van der Waals surface area contributed by atoms with Crippen LogP contribution in [0.15, 0.2) is 87.8 Å². The molecule has 0 N–H and O–H groups in total. The van der Waals surface area contributed by atoms with Gasteiger partial charge < -0.3 is 9.47 Å². The quantitative estimate of drug-likeness (QED) is 0.371. The van der Waals surface area contributed by atoms with Gasteiger partial charge in [-0.05, 0) is 49.2 Å². The Hall–Kier alpha value is -3.97. The number of thiazole rings is 1. The van der Waals surface area contributed by atoms with Gasteiger partial charge in [-0.2, -0.15) is 0 Å². The predicted molar refractivity (Wildman–Crippen MR) is 142 cm³/mol. The van der Waals surface area contributed by atoms with Crippen LogP contribution in [0.25, 0.3) is 16.8 Å². The lowest BCUT2D eigenvalue weighted by Crippen LogP contribution is -2.40. The van der Waals surface area contributed by atoms with E-state index in [-0.39, 0.29) is 12.2 Å². The number of benzene rings is 3. The molecular formula is C29H26N2O4S. The van der Waals surface area contributed by atoms with E-state index in [4.69, 9.17) is 9.47 Å². The Kier molecular flexibility index (Phi) is 6.57. The smallest absolute Gasteiger partial charge is 0.338 e. The van der Waals surface area contributed by atoms with Crippen LogP contribution in [0.1, 0.15) is 37.9 Å². The Morgan fingerprint density at radius 1 is 1.03 bits per heavy atom. The topological polar surface area (TPSA) is 69.9 Å². The molecule has 1 aliphatic rings. The highest BCUT2D eigenvalue weighted by Crippen LogP contribution is 2.34. The van der Waals surface area contributed by atoms with Crippen LogP contribution < -0.4 is 19.6 Å². The van der Waals surface area contributed by atoms with E-state index in [0.717, 1.165) is 21.9 Å². The molecule has 1 aromatic heterocycles. The number of hydrogen-bond donors (Lipinski definition) is 0. The average Bonchev–Trinajstić information content (AvgIpc) is 3.18. The van der Waals surface area contributed by atoms with Gasteiger partial charge in [0.1, 0.15) is 5.75 Å². The minimum absolute atomic E-state index is 0.211. The number of para-hydroxylation sites is 1. The van der Waals surface area contributed by atoms with Crippen molar-refractivity contribution < 1.29 is 14.3 Å². The average molecular weight is 499 g/mol. The van der Waals surface area contributed by atoms with Crippen LogP contribution in [0.2, 0.25) is 0 Å². The van der Waals surface area contributed by atoms with Gasteiger partial charge in [0.25, 0.3) is 5.56 Å². The van der Waals surface area contributed by atoms with Crippen molar-refractivity contribution in [2.45, 2.75) is 26.8 Å². The summed E-state index contributed by atoms with van der Waals surface area (Å²) in [5.74, 6) is 0.243. The summed E-state index contributed by atoms with van der Waals surface area (Å²) in [4.78, 5) is 32.3. The van der Waals surface area contributed by atoms with E-state index in [0.29, 0.717) is 33.0 Å². The molecule has 0 fully saturated rings. The fourth-order valence-electron chi connectivity index (χ4n) is 4.60. The fourth-order valence-corrected chi connectivity index (χ4v) is 5.64. The number of hydrogen-bond acceptors (Lipinski definition) is 6. The molecular weight excluding hydrogens is 472 g/mol. The number of carbonyl (C=O) groups excluding carboxylic acids is 1. The zero-order valence-corrected chi connectivity index (χ0v) is 21.2. The summed E-state index contributed by atoms with van der Waals surface area (Å²) < 4.78 is 13.3. The van der Waals surface area contributed by atoms with E-state index in [1.165, 1.54) is 11.3 Å². The first kappa shape index (κ1) is 23.8. The van der Waals surface area contributed by atoms with Gasteiger partial charge in [0.2, 0.25) is 0 Å². The van der Waals surface area contributed by atoms with Crippen LogP contribution in [-0.4, -0.2) is 23.8 Å². The van der Waals surface area contributed by atoms with Gasteiger partial charge in [-0.25, -0.2) is 9.79 Å². The number of allylic oxidation sites excluding steroid dienone is 1. The van der Waals surface area contributed by atoms with Crippen LogP contribution >= 0.6 is 11.3 Å². The number of rotatable bonds is 6. The molecule has 0 aliphatic carbocycles. The van der Waals surface area contributed by atoms with Crippen LogP contribution in [-0.2, 0) is 9.53 Å². The standard InChI is InChI=1S/C29H26N2O4S/c1-4-34-23-16-9-7-12-20(23)17-24-27(32)31-26(22-15-10-13-19-11-6-8-14-21(19)22)25(28(33)35-5-2)18(3)30-29(31)36-24/h6-17,26H,4-5H2,1-3H3/b24-17+. The maximum Gasteiger partial charge on any atom is 0.338 e. The molecule has 0 amide bonds. The molecule has 5 rings (SSSR count). The number of fused-ring (bicyclic) bond motifs is 2. The van der Waals surface area contributed by atoms with Crippen molar-refractivity contribution in [3.05, 3.63) is 109 Å². The SMILES string of the molecule is CCOC(=O)C1=C(C)N=c2s/c(=C/c3ccccc3OCC)c(=O)n2C1c1cccc2ccccc12. The van der Waals surface area contributed by atoms with Gasteiger partial charge in [0.15, 0.2) is 4.80 Å². The summed E-state index contributed by atoms with van der Waals surface area (Å²) >= 11 is 1.30. The molecule has 182 valence electrons. The number of carbonyl (C=O) groups is 1. The number of esters is 1. The summed E-state index contributed by atoms with van der Waals surface area (Å²) in [5, 5.41) is 2.00. The van der Waals surface area contributed by atoms with Crippen LogP contribution in [0.4, 0.5) is 0 Å². The summed E-state index contributed by atoms with van der Waals surface area (Å²) in [7, 11) is 0. The van der Waals surface area contributed by atoms with Crippen molar-refractivity contribution in [3.8, 4) is 5.75 Å². The van der Waals surface area contributed by atoms with E-state index in [9.17, 15) is 9.59 Å². The Morgan fingerprint density at radius 2 is 1.78 bits per heavy atom. The van der Waals surface area contributed by atoms with Crippen molar-refractivity contribution >= 4 is 34.2 Å². The van der Waals surface area contributed by atoms with Gasteiger partial charge in [-0.3, -0.25) is 9.36 Å². The Labute approximate surface area is 212 Å². The summed E-state index contributed by atoms with van der Waals surface area (Å²) in [6, 6.07) is 20.9. The summed E-state index contributed by atoms with van der Waals surface area (Å²) in [5.41, 5.74) is 2.38. The minimum Gasteiger partial charge on any atom is -0.493 e. The molecule has 2 heterocycles. The second-order valence-corrected chi connectivity index (χ2v) is 9.35. The van der Waals surface area contributed by atoms with Crippen molar-refractivity contribution in [3.63, 3.8) is 0 Å².